The average molecular weight is 429 g/mol. The molecule has 1 aliphatic heterocycles. The summed E-state index contributed by atoms with van der Waals surface area (Å²) in [6, 6.07) is 0.288. The molecule has 6 nitrogen and oxygen atoms in total. The molecule has 0 aromatic carbocycles. The number of aromatic amines is 1. The number of H-pyrrole nitrogens is 1. The maximum Gasteiger partial charge on any atom is 0.259 e. The monoisotopic (exact) mass is 428 g/mol. The summed E-state index contributed by atoms with van der Waals surface area (Å²) < 4.78 is 0. The lowest BCUT2D eigenvalue weighted by molar-refractivity contribution is -0.119. The molecule has 2 aliphatic rings. The van der Waals surface area contributed by atoms with Crippen molar-refractivity contribution in [3.8, 4) is 0 Å². The lowest BCUT2D eigenvalue weighted by atomic mass is 9.97. The molecule has 1 fully saturated rings. The predicted molar refractivity (Wildman–Crippen MR) is 114 cm³/mol. The van der Waals surface area contributed by atoms with Gasteiger partial charge in [-0.05, 0) is 57.2 Å². The molecule has 2 aromatic rings. The van der Waals surface area contributed by atoms with Crippen LogP contribution in [0.15, 0.2) is 4.79 Å². The van der Waals surface area contributed by atoms with Crippen LogP contribution in [0.5, 0.6) is 0 Å². The Hall–Kier alpha value is -1.09. The second kappa shape index (κ2) is 9.41. The Morgan fingerprint density at radius 3 is 2.85 bits per heavy atom. The van der Waals surface area contributed by atoms with Crippen molar-refractivity contribution in [2.24, 2.45) is 0 Å². The van der Waals surface area contributed by atoms with Gasteiger partial charge in [0.1, 0.15) is 10.7 Å². The van der Waals surface area contributed by atoms with Crippen LogP contribution in [-0.2, 0) is 23.4 Å². The van der Waals surface area contributed by atoms with Crippen molar-refractivity contribution in [2.75, 3.05) is 18.8 Å². The Bertz CT molecular complexity index is 861. The number of hydrogen-bond acceptors (Lipinski definition) is 6. The Morgan fingerprint density at radius 1 is 1.26 bits per heavy atom. The van der Waals surface area contributed by atoms with Crippen LogP contribution in [0.3, 0.4) is 0 Å². The van der Waals surface area contributed by atoms with Gasteiger partial charge in [0.15, 0.2) is 0 Å². The molecular weight excluding hydrogens is 404 g/mol. The van der Waals surface area contributed by atoms with Crippen molar-refractivity contribution in [1.82, 2.24) is 20.6 Å². The highest BCUT2D eigenvalue weighted by atomic mass is 35.5. The van der Waals surface area contributed by atoms with E-state index in [9.17, 15) is 9.59 Å². The van der Waals surface area contributed by atoms with Gasteiger partial charge in [-0.3, -0.25) is 9.59 Å². The fraction of sp³-hybridized carbons (Fsp3) is 0.611. The quantitative estimate of drug-likeness (QED) is 0.680. The third-order valence-corrected chi connectivity index (χ3v) is 7.18. The third-order valence-electron chi connectivity index (χ3n) is 5.05. The first kappa shape index (κ1) is 20.6. The van der Waals surface area contributed by atoms with Gasteiger partial charge in [-0.2, -0.15) is 0 Å². The maximum absolute atomic E-state index is 12.5. The van der Waals surface area contributed by atoms with E-state index in [0.29, 0.717) is 17.3 Å². The van der Waals surface area contributed by atoms with Gasteiger partial charge in [0.2, 0.25) is 5.91 Å². The van der Waals surface area contributed by atoms with Crippen LogP contribution in [0.2, 0.25) is 0 Å². The van der Waals surface area contributed by atoms with Crippen molar-refractivity contribution in [3.05, 3.63) is 26.6 Å². The number of nitrogens with zero attached hydrogens (tertiary/aromatic N) is 1. The van der Waals surface area contributed by atoms with E-state index in [-0.39, 0.29) is 29.9 Å². The fourth-order valence-corrected chi connectivity index (χ4v) is 5.73. The van der Waals surface area contributed by atoms with Crippen LogP contribution < -0.4 is 16.2 Å². The summed E-state index contributed by atoms with van der Waals surface area (Å²) in [4.78, 5) is 34.3. The Labute approximate surface area is 172 Å². The number of piperidine rings is 1. The lowest BCUT2D eigenvalue weighted by Crippen LogP contribution is -2.43. The molecule has 2 aromatic heterocycles. The van der Waals surface area contributed by atoms with E-state index in [4.69, 9.17) is 0 Å². The molecule has 0 spiro atoms. The van der Waals surface area contributed by atoms with Crippen LogP contribution in [0.25, 0.3) is 10.2 Å². The summed E-state index contributed by atoms with van der Waals surface area (Å²) in [6.45, 7) is 1.93. The third kappa shape index (κ3) is 4.85. The van der Waals surface area contributed by atoms with Gasteiger partial charge >= 0.3 is 0 Å². The second-order valence-corrected chi connectivity index (χ2v) is 9.06. The van der Waals surface area contributed by atoms with Crippen LogP contribution in [0, 0.1) is 0 Å². The van der Waals surface area contributed by atoms with E-state index in [2.05, 4.69) is 20.6 Å². The number of fused-ring (bicyclic) bond motifs is 3. The molecule has 0 atom stereocenters. The van der Waals surface area contributed by atoms with Gasteiger partial charge < -0.3 is 15.6 Å². The molecule has 0 radical (unpaired) electrons. The van der Waals surface area contributed by atoms with Gasteiger partial charge in [-0.25, -0.2) is 4.98 Å². The van der Waals surface area contributed by atoms with E-state index in [0.717, 1.165) is 55.4 Å². The van der Waals surface area contributed by atoms with Crippen LogP contribution >= 0.6 is 35.5 Å². The van der Waals surface area contributed by atoms with E-state index < -0.39 is 0 Å². The zero-order valence-corrected chi connectivity index (χ0v) is 17.6. The van der Waals surface area contributed by atoms with Gasteiger partial charge in [0.05, 0.1) is 16.9 Å². The molecule has 4 rings (SSSR count). The molecule has 3 N–H and O–H groups in total. The molecule has 1 amide bonds. The largest absolute Gasteiger partial charge is 0.353 e. The van der Waals surface area contributed by atoms with Crippen LogP contribution in [0.4, 0.5) is 0 Å². The number of hydrogen-bond donors (Lipinski definition) is 3. The molecule has 9 heteroatoms. The van der Waals surface area contributed by atoms with E-state index in [1.54, 1.807) is 11.3 Å². The SMILES string of the molecule is Cl.O=C(CSCc1nc2sc3c(c2c(=O)[nH]1)CCCC3)NC1CCNCC1. The molecule has 3 heterocycles. The maximum atomic E-state index is 12.5. The van der Waals surface area contributed by atoms with E-state index >= 15 is 0 Å². The number of halogens is 1. The van der Waals surface area contributed by atoms with Crippen LogP contribution in [-0.4, -0.2) is 40.8 Å². The first-order valence-corrected chi connectivity index (χ1v) is 11.3. The van der Waals surface area contributed by atoms with Gasteiger partial charge in [-0.15, -0.1) is 35.5 Å². The van der Waals surface area contributed by atoms with Gasteiger partial charge in [-0.1, -0.05) is 0 Å². The summed E-state index contributed by atoms with van der Waals surface area (Å²) in [6.07, 6.45) is 6.40. The normalized spacial score (nSPS) is 17.3. The fourth-order valence-electron chi connectivity index (χ4n) is 3.75. The summed E-state index contributed by atoms with van der Waals surface area (Å²) in [5.74, 6) is 1.68. The highest BCUT2D eigenvalue weighted by Crippen LogP contribution is 2.33. The number of aromatic nitrogens is 2. The molecular formula is C18H25ClN4O2S2. The van der Waals surface area contributed by atoms with E-state index in [1.807, 2.05) is 0 Å². The highest BCUT2D eigenvalue weighted by Gasteiger charge is 2.20. The second-order valence-electron chi connectivity index (χ2n) is 6.99. The first-order chi connectivity index (χ1) is 12.7. The summed E-state index contributed by atoms with van der Waals surface area (Å²) in [5.41, 5.74) is 1.19. The molecule has 148 valence electrons. The Balaban J connectivity index is 0.00000210. The minimum absolute atomic E-state index is 0. The van der Waals surface area contributed by atoms with Crippen molar-refractivity contribution >= 4 is 51.6 Å². The Morgan fingerprint density at radius 2 is 2.04 bits per heavy atom. The van der Waals surface area contributed by atoms with Crippen molar-refractivity contribution < 1.29 is 4.79 Å². The smallest absolute Gasteiger partial charge is 0.259 e. The standard InChI is InChI=1S/C18H24N4O2S2.ClH/c23-15(20-11-5-7-19-8-6-11)10-25-9-14-21-17(24)16-12-3-1-2-4-13(12)26-18(16)22-14;/h11,19H,1-10H2,(H,20,23)(H,21,22,24);1H. The number of rotatable bonds is 5. The zero-order chi connectivity index (χ0) is 17.9. The molecule has 1 saturated heterocycles. The number of thiophene rings is 1. The molecule has 1 aliphatic carbocycles. The molecule has 0 bridgehead atoms. The topological polar surface area (TPSA) is 86.9 Å². The summed E-state index contributed by atoms with van der Waals surface area (Å²) in [7, 11) is 0. The number of carbonyl (C=O) groups excluding carboxylic acids is 1. The lowest BCUT2D eigenvalue weighted by Gasteiger charge is -2.23. The number of amides is 1. The van der Waals surface area contributed by atoms with E-state index in [1.165, 1.54) is 28.6 Å². The average Bonchev–Trinajstić information content (AvgIpc) is 3.01. The van der Waals surface area contributed by atoms with Crippen molar-refractivity contribution in [1.29, 1.82) is 0 Å². The van der Waals surface area contributed by atoms with Gasteiger partial charge in [0.25, 0.3) is 5.56 Å². The minimum atomic E-state index is -0.0239. The Kier molecular flexibility index (Phi) is 7.19. The van der Waals surface area contributed by atoms with Crippen molar-refractivity contribution in [2.45, 2.75) is 50.3 Å². The number of nitrogens with one attached hydrogen (secondary N) is 3. The molecule has 27 heavy (non-hydrogen) atoms. The zero-order valence-electron chi connectivity index (χ0n) is 15.1. The highest BCUT2D eigenvalue weighted by molar-refractivity contribution is 7.99. The molecule has 0 saturated carbocycles. The van der Waals surface area contributed by atoms with Gasteiger partial charge in [0, 0.05) is 10.9 Å². The summed E-state index contributed by atoms with van der Waals surface area (Å²) in [5, 5.41) is 7.18. The molecule has 0 unspecified atom stereocenters. The predicted octanol–water partition coefficient (Wildman–Crippen LogP) is 2.39. The summed E-state index contributed by atoms with van der Waals surface area (Å²) >= 11 is 3.17. The minimum Gasteiger partial charge on any atom is -0.353 e. The number of aryl methyl sites for hydroxylation is 2. The van der Waals surface area contributed by atoms with Crippen LogP contribution in [0.1, 0.15) is 41.9 Å². The first-order valence-electron chi connectivity index (χ1n) is 9.32. The number of thioether (sulfide) groups is 1. The van der Waals surface area contributed by atoms with Crippen molar-refractivity contribution in [3.63, 3.8) is 0 Å². The number of carbonyl (C=O) groups is 1.